The van der Waals surface area contributed by atoms with Gasteiger partial charge in [0.15, 0.2) is 5.75 Å². The second-order valence-corrected chi connectivity index (χ2v) is 4.94. The number of nitro groups is 1. The van der Waals surface area contributed by atoms with Crippen LogP contribution in [0.5, 0.6) is 5.75 Å². The van der Waals surface area contributed by atoms with E-state index in [0.717, 1.165) is 6.42 Å². The van der Waals surface area contributed by atoms with Crippen LogP contribution in [0, 0.1) is 16.0 Å². The average Bonchev–Trinajstić information content (AvgIpc) is 2.32. The van der Waals surface area contributed by atoms with Crippen LogP contribution in [-0.4, -0.2) is 17.3 Å². The summed E-state index contributed by atoms with van der Waals surface area (Å²) in [5, 5.41) is 10.9. The fourth-order valence-corrected chi connectivity index (χ4v) is 2.24. The minimum absolute atomic E-state index is 0.142. The predicted molar refractivity (Wildman–Crippen MR) is 76.2 cm³/mol. The minimum Gasteiger partial charge on any atom is -0.490 e. The molecule has 0 aliphatic rings. The highest BCUT2D eigenvalue weighted by atomic mass is 35.5. The van der Waals surface area contributed by atoms with Crippen LogP contribution in [0.4, 0.5) is 5.69 Å². The minimum atomic E-state index is -0.551. The van der Waals surface area contributed by atoms with Gasteiger partial charge < -0.3 is 4.74 Å². The number of rotatable bonds is 6. The highest BCUT2D eigenvalue weighted by Gasteiger charge is 2.16. The Labute approximate surface area is 121 Å². The van der Waals surface area contributed by atoms with E-state index in [1.54, 1.807) is 0 Å². The number of nitrogens with zero attached hydrogens (tertiary/aromatic N) is 1. The van der Waals surface area contributed by atoms with Crippen molar-refractivity contribution >= 4 is 41.5 Å². The highest BCUT2D eigenvalue weighted by molar-refractivity contribution is 7.80. The Balaban J connectivity index is 2.87. The van der Waals surface area contributed by atoms with Crippen molar-refractivity contribution in [1.82, 2.24) is 0 Å². The van der Waals surface area contributed by atoms with E-state index in [2.05, 4.69) is 12.6 Å². The van der Waals surface area contributed by atoms with Gasteiger partial charge in [0.1, 0.15) is 0 Å². The molecule has 100 valence electrons. The number of non-ortho nitro benzene ring substituents is 1. The lowest BCUT2D eigenvalue weighted by atomic mass is 10.1. The van der Waals surface area contributed by atoms with Crippen molar-refractivity contribution in [1.29, 1.82) is 0 Å². The van der Waals surface area contributed by atoms with E-state index >= 15 is 0 Å². The molecule has 7 heteroatoms. The third-order valence-corrected chi connectivity index (χ3v) is 3.57. The Bertz CT molecular complexity index is 415. The van der Waals surface area contributed by atoms with Crippen molar-refractivity contribution in [3.8, 4) is 5.75 Å². The lowest BCUT2D eigenvalue weighted by Gasteiger charge is -2.15. The molecule has 0 heterocycles. The zero-order valence-corrected chi connectivity index (χ0v) is 12.1. The molecule has 0 N–H and O–H groups in total. The highest BCUT2D eigenvalue weighted by Crippen LogP contribution is 2.37. The van der Waals surface area contributed by atoms with Gasteiger partial charge in [-0.15, -0.1) is 0 Å². The molecule has 0 aromatic heterocycles. The zero-order chi connectivity index (χ0) is 13.7. The maximum atomic E-state index is 10.6. The van der Waals surface area contributed by atoms with Gasteiger partial charge in [0.2, 0.25) is 0 Å². The molecule has 1 rings (SSSR count). The zero-order valence-electron chi connectivity index (χ0n) is 9.73. The predicted octanol–water partition coefficient (Wildman–Crippen LogP) is 4.24. The summed E-state index contributed by atoms with van der Waals surface area (Å²) in [4.78, 5) is 10.1. The molecule has 1 unspecified atom stereocenters. The van der Waals surface area contributed by atoms with E-state index < -0.39 is 4.92 Å². The van der Waals surface area contributed by atoms with Crippen molar-refractivity contribution in [3.05, 3.63) is 32.3 Å². The van der Waals surface area contributed by atoms with Crippen LogP contribution in [-0.2, 0) is 0 Å². The van der Waals surface area contributed by atoms with Crippen molar-refractivity contribution in [3.63, 3.8) is 0 Å². The summed E-state index contributed by atoms with van der Waals surface area (Å²) in [6.45, 7) is 2.46. The maximum Gasteiger partial charge on any atom is 0.272 e. The van der Waals surface area contributed by atoms with Crippen LogP contribution < -0.4 is 4.74 Å². The van der Waals surface area contributed by atoms with Gasteiger partial charge in [-0.25, -0.2) is 0 Å². The topological polar surface area (TPSA) is 52.4 Å². The quantitative estimate of drug-likeness (QED) is 0.486. The first-order valence-electron chi connectivity index (χ1n) is 5.36. The molecule has 1 aromatic rings. The van der Waals surface area contributed by atoms with Gasteiger partial charge in [-0.3, -0.25) is 10.1 Å². The summed E-state index contributed by atoms with van der Waals surface area (Å²) in [5.74, 6) is 1.26. The third kappa shape index (κ3) is 3.93. The summed E-state index contributed by atoms with van der Waals surface area (Å²) in [7, 11) is 0. The van der Waals surface area contributed by atoms with Crippen LogP contribution >= 0.6 is 35.8 Å². The summed E-state index contributed by atoms with van der Waals surface area (Å²) < 4.78 is 5.51. The molecule has 0 saturated carbocycles. The number of hydrogen-bond donors (Lipinski definition) is 1. The number of thiol groups is 1. The molecule has 0 aliphatic carbocycles. The average molecular weight is 310 g/mol. The van der Waals surface area contributed by atoms with Gasteiger partial charge >= 0.3 is 0 Å². The molecule has 0 radical (unpaired) electrons. The van der Waals surface area contributed by atoms with E-state index in [1.807, 2.05) is 6.92 Å². The van der Waals surface area contributed by atoms with Gasteiger partial charge in [-0.2, -0.15) is 12.6 Å². The van der Waals surface area contributed by atoms with Crippen molar-refractivity contribution in [2.45, 2.75) is 13.3 Å². The molecular weight excluding hydrogens is 297 g/mol. The normalized spacial score (nSPS) is 12.2. The van der Waals surface area contributed by atoms with E-state index in [1.165, 1.54) is 12.1 Å². The molecule has 1 aromatic carbocycles. The Morgan fingerprint density at radius 3 is 2.39 bits per heavy atom. The van der Waals surface area contributed by atoms with Crippen LogP contribution in [0.15, 0.2) is 12.1 Å². The van der Waals surface area contributed by atoms with Gasteiger partial charge in [0.25, 0.3) is 5.69 Å². The Kier molecular flexibility index (Phi) is 6.05. The van der Waals surface area contributed by atoms with E-state index in [0.29, 0.717) is 12.4 Å². The monoisotopic (exact) mass is 309 g/mol. The Hall–Kier alpha value is -0.650. The van der Waals surface area contributed by atoms with Crippen molar-refractivity contribution in [2.75, 3.05) is 12.4 Å². The lowest BCUT2D eigenvalue weighted by Crippen LogP contribution is -2.13. The number of benzene rings is 1. The SMILES string of the molecule is CCC(CS)COc1c(Cl)cc([N+](=O)[O-])cc1Cl. The number of halogens is 2. The van der Waals surface area contributed by atoms with Crippen LogP contribution in [0.25, 0.3) is 0 Å². The number of ether oxygens (including phenoxy) is 1. The first-order chi connectivity index (χ1) is 8.49. The van der Waals surface area contributed by atoms with Gasteiger partial charge in [-0.05, 0) is 12.2 Å². The number of nitro benzene ring substituents is 1. The first kappa shape index (κ1) is 15.4. The molecule has 0 bridgehead atoms. The Morgan fingerprint density at radius 2 is 2.00 bits per heavy atom. The fourth-order valence-electron chi connectivity index (χ4n) is 1.29. The number of hydrogen-bond acceptors (Lipinski definition) is 4. The maximum absolute atomic E-state index is 10.6. The Morgan fingerprint density at radius 1 is 1.44 bits per heavy atom. The van der Waals surface area contributed by atoms with Crippen LogP contribution in [0.2, 0.25) is 10.0 Å². The lowest BCUT2D eigenvalue weighted by molar-refractivity contribution is -0.384. The third-order valence-electron chi connectivity index (χ3n) is 2.49. The summed E-state index contributed by atoms with van der Waals surface area (Å²) in [6.07, 6.45) is 0.922. The van der Waals surface area contributed by atoms with Gasteiger partial charge in [0.05, 0.1) is 21.6 Å². The van der Waals surface area contributed by atoms with Gasteiger partial charge in [-0.1, -0.05) is 30.1 Å². The first-order valence-corrected chi connectivity index (χ1v) is 6.75. The van der Waals surface area contributed by atoms with E-state index in [4.69, 9.17) is 27.9 Å². The molecule has 0 fully saturated rings. The molecule has 0 amide bonds. The van der Waals surface area contributed by atoms with Crippen molar-refractivity contribution < 1.29 is 9.66 Å². The van der Waals surface area contributed by atoms with Crippen LogP contribution in [0.1, 0.15) is 13.3 Å². The fraction of sp³-hybridized carbons (Fsp3) is 0.455. The van der Waals surface area contributed by atoms with Crippen molar-refractivity contribution in [2.24, 2.45) is 5.92 Å². The second kappa shape index (κ2) is 7.07. The molecule has 18 heavy (non-hydrogen) atoms. The molecule has 1 atom stereocenters. The molecule has 4 nitrogen and oxygen atoms in total. The summed E-state index contributed by atoms with van der Waals surface area (Å²) >= 11 is 16.0. The largest absolute Gasteiger partial charge is 0.490 e. The smallest absolute Gasteiger partial charge is 0.272 e. The standard InChI is InChI=1S/C11H13Cl2NO3S/c1-2-7(6-18)5-17-11-9(12)3-8(14(15)16)4-10(11)13/h3-4,7,18H,2,5-6H2,1H3. The summed E-state index contributed by atoms with van der Waals surface area (Å²) in [6, 6.07) is 2.45. The molecule has 0 saturated heterocycles. The van der Waals surface area contributed by atoms with E-state index in [9.17, 15) is 10.1 Å². The second-order valence-electron chi connectivity index (χ2n) is 3.76. The van der Waals surface area contributed by atoms with E-state index in [-0.39, 0.29) is 27.4 Å². The molecule has 0 spiro atoms. The molecule has 0 aliphatic heterocycles. The summed E-state index contributed by atoms with van der Waals surface area (Å²) in [5.41, 5.74) is -0.154. The molecular formula is C11H13Cl2NO3S. The van der Waals surface area contributed by atoms with Crippen LogP contribution in [0.3, 0.4) is 0 Å². The van der Waals surface area contributed by atoms with Gasteiger partial charge in [0, 0.05) is 18.1 Å².